The van der Waals surface area contributed by atoms with Crippen molar-refractivity contribution in [2.45, 2.75) is 33.4 Å². The molecule has 0 atom stereocenters. The summed E-state index contributed by atoms with van der Waals surface area (Å²) in [5.41, 5.74) is 1.92. The first kappa shape index (κ1) is 22.6. The highest BCUT2D eigenvalue weighted by atomic mass is 79.9. The second-order valence-corrected chi connectivity index (χ2v) is 7.82. The van der Waals surface area contributed by atoms with Gasteiger partial charge in [0.25, 0.3) is 11.8 Å². The first-order valence-corrected chi connectivity index (χ1v) is 10.9. The normalized spacial score (nSPS) is 10.5. The summed E-state index contributed by atoms with van der Waals surface area (Å²) in [6.07, 6.45) is 2.48. The third-order valence-corrected chi connectivity index (χ3v) is 4.97. The SMILES string of the molecule is CCCNC(=O)c1nn(CC)cc1NC(=O)c1cccc(COc2cccc(Br)c2)c1. The molecule has 3 rings (SSSR count). The lowest BCUT2D eigenvalue weighted by Crippen LogP contribution is -2.26. The number of amides is 2. The zero-order valence-electron chi connectivity index (χ0n) is 17.5. The third-order valence-electron chi connectivity index (χ3n) is 4.48. The summed E-state index contributed by atoms with van der Waals surface area (Å²) >= 11 is 3.42. The fourth-order valence-electron chi connectivity index (χ4n) is 2.89. The Bertz CT molecular complexity index is 1060. The Labute approximate surface area is 189 Å². The summed E-state index contributed by atoms with van der Waals surface area (Å²) in [4.78, 5) is 25.3. The van der Waals surface area contributed by atoms with E-state index in [1.54, 1.807) is 29.1 Å². The van der Waals surface area contributed by atoms with E-state index in [2.05, 4.69) is 31.7 Å². The molecule has 2 aromatic carbocycles. The predicted octanol–water partition coefficient (Wildman–Crippen LogP) is 4.64. The van der Waals surface area contributed by atoms with Gasteiger partial charge in [-0.25, -0.2) is 0 Å². The van der Waals surface area contributed by atoms with Crippen molar-refractivity contribution in [1.82, 2.24) is 15.1 Å². The van der Waals surface area contributed by atoms with Crippen LogP contribution < -0.4 is 15.4 Å². The summed E-state index contributed by atoms with van der Waals surface area (Å²) in [6.45, 7) is 5.36. The number of carbonyl (C=O) groups is 2. The van der Waals surface area contributed by atoms with E-state index < -0.39 is 0 Å². The van der Waals surface area contributed by atoms with Crippen LogP contribution in [0.4, 0.5) is 5.69 Å². The van der Waals surface area contributed by atoms with E-state index in [1.807, 2.05) is 44.2 Å². The minimum Gasteiger partial charge on any atom is -0.489 e. The van der Waals surface area contributed by atoms with Gasteiger partial charge in [0, 0.05) is 29.3 Å². The molecule has 0 unspecified atom stereocenters. The summed E-state index contributed by atoms with van der Waals surface area (Å²) in [5, 5.41) is 9.90. The van der Waals surface area contributed by atoms with Crippen LogP contribution in [-0.2, 0) is 13.2 Å². The standard InChI is InChI=1S/C23H25BrN4O3/c1-3-11-25-23(30)21-20(14-28(4-2)27-21)26-22(29)17-8-5-7-16(12-17)15-31-19-10-6-9-18(24)13-19/h5-10,12-14H,3-4,11,15H2,1-2H3,(H,25,30)(H,26,29). The molecule has 1 heterocycles. The second-order valence-electron chi connectivity index (χ2n) is 6.90. The molecule has 0 radical (unpaired) electrons. The van der Waals surface area contributed by atoms with Crippen molar-refractivity contribution in [2.24, 2.45) is 0 Å². The predicted molar refractivity (Wildman–Crippen MR) is 123 cm³/mol. The summed E-state index contributed by atoms with van der Waals surface area (Å²) in [6, 6.07) is 14.8. The molecule has 0 fully saturated rings. The van der Waals surface area contributed by atoms with E-state index in [9.17, 15) is 9.59 Å². The van der Waals surface area contributed by atoms with Crippen LogP contribution in [0.3, 0.4) is 0 Å². The first-order chi connectivity index (χ1) is 15.0. The molecule has 31 heavy (non-hydrogen) atoms. The van der Waals surface area contributed by atoms with Gasteiger partial charge < -0.3 is 15.4 Å². The highest BCUT2D eigenvalue weighted by Crippen LogP contribution is 2.20. The zero-order valence-corrected chi connectivity index (χ0v) is 19.1. The molecule has 0 bridgehead atoms. The van der Waals surface area contributed by atoms with E-state index in [4.69, 9.17) is 4.74 Å². The minimum absolute atomic E-state index is 0.206. The molecule has 1 aromatic heterocycles. The number of carbonyl (C=O) groups excluding carboxylic acids is 2. The van der Waals surface area contributed by atoms with Crippen LogP contribution in [0, 0.1) is 0 Å². The number of ether oxygens (including phenoxy) is 1. The van der Waals surface area contributed by atoms with Crippen LogP contribution in [0.15, 0.2) is 59.2 Å². The highest BCUT2D eigenvalue weighted by molar-refractivity contribution is 9.10. The topological polar surface area (TPSA) is 85.3 Å². The van der Waals surface area contributed by atoms with Crippen molar-refractivity contribution in [1.29, 1.82) is 0 Å². The van der Waals surface area contributed by atoms with Gasteiger partial charge in [-0.05, 0) is 49.2 Å². The number of nitrogens with zero attached hydrogens (tertiary/aromatic N) is 2. The number of anilines is 1. The largest absolute Gasteiger partial charge is 0.489 e. The Morgan fingerprint density at radius 3 is 2.65 bits per heavy atom. The van der Waals surface area contributed by atoms with Crippen molar-refractivity contribution in [3.05, 3.63) is 76.0 Å². The molecule has 0 saturated heterocycles. The third kappa shape index (κ3) is 6.18. The number of rotatable bonds is 9. The number of halogens is 1. The smallest absolute Gasteiger partial charge is 0.273 e. The highest BCUT2D eigenvalue weighted by Gasteiger charge is 2.19. The molecular formula is C23H25BrN4O3. The number of nitrogens with one attached hydrogen (secondary N) is 2. The van der Waals surface area contributed by atoms with Gasteiger partial charge in [0.15, 0.2) is 5.69 Å². The fraction of sp³-hybridized carbons (Fsp3) is 0.261. The molecule has 2 N–H and O–H groups in total. The van der Waals surface area contributed by atoms with E-state index >= 15 is 0 Å². The van der Waals surface area contributed by atoms with Crippen LogP contribution in [0.5, 0.6) is 5.75 Å². The molecule has 3 aromatic rings. The van der Waals surface area contributed by atoms with Crippen LogP contribution in [-0.4, -0.2) is 28.1 Å². The lowest BCUT2D eigenvalue weighted by Gasteiger charge is -2.09. The van der Waals surface area contributed by atoms with Crippen molar-refractivity contribution < 1.29 is 14.3 Å². The summed E-state index contributed by atoms with van der Waals surface area (Å²) < 4.78 is 8.36. The Hall–Kier alpha value is -3.13. The van der Waals surface area contributed by atoms with Gasteiger partial charge in [-0.3, -0.25) is 14.3 Å². The monoisotopic (exact) mass is 484 g/mol. The molecule has 0 aliphatic rings. The molecule has 0 spiro atoms. The summed E-state index contributed by atoms with van der Waals surface area (Å²) in [5.74, 6) is 0.115. The van der Waals surface area contributed by atoms with Gasteiger partial charge in [-0.15, -0.1) is 0 Å². The maximum absolute atomic E-state index is 12.8. The maximum atomic E-state index is 12.8. The lowest BCUT2D eigenvalue weighted by molar-refractivity contribution is 0.0948. The molecule has 0 aliphatic heterocycles. The second kappa shape index (κ2) is 10.8. The Morgan fingerprint density at radius 2 is 1.90 bits per heavy atom. The van der Waals surface area contributed by atoms with Crippen molar-refractivity contribution in [3.8, 4) is 5.75 Å². The average Bonchev–Trinajstić information content (AvgIpc) is 3.19. The van der Waals surface area contributed by atoms with Gasteiger partial charge in [0.2, 0.25) is 0 Å². The van der Waals surface area contributed by atoms with E-state index in [-0.39, 0.29) is 17.5 Å². The van der Waals surface area contributed by atoms with Crippen molar-refractivity contribution in [3.63, 3.8) is 0 Å². The molecular weight excluding hydrogens is 460 g/mol. The maximum Gasteiger partial charge on any atom is 0.273 e. The van der Waals surface area contributed by atoms with Crippen molar-refractivity contribution in [2.75, 3.05) is 11.9 Å². The fourth-order valence-corrected chi connectivity index (χ4v) is 3.26. The van der Waals surface area contributed by atoms with Crippen LogP contribution in [0.25, 0.3) is 0 Å². The van der Waals surface area contributed by atoms with Gasteiger partial charge in [0.05, 0.1) is 5.69 Å². The van der Waals surface area contributed by atoms with Crippen LogP contribution in [0.1, 0.15) is 46.7 Å². The molecule has 8 heteroatoms. The van der Waals surface area contributed by atoms with Gasteiger partial charge in [0.1, 0.15) is 12.4 Å². The van der Waals surface area contributed by atoms with E-state index in [1.165, 1.54) is 0 Å². The molecule has 2 amide bonds. The number of hydrogen-bond acceptors (Lipinski definition) is 4. The van der Waals surface area contributed by atoms with Crippen LogP contribution in [0.2, 0.25) is 0 Å². The van der Waals surface area contributed by atoms with E-state index in [0.717, 1.165) is 22.2 Å². The van der Waals surface area contributed by atoms with Gasteiger partial charge in [-0.1, -0.05) is 41.1 Å². The zero-order chi connectivity index (χ0) is 22.2. The number of benzene rings is 2. The Morgan fingerprint density at radius 1 is 1.10 bits per heavy atom. The Kier molecular flexibility index (Phi) is 7.83. The molecule has 0 aliphatic carbocycles. The number of aromatic nitrogens is 2. The average molecular weight is 485 g/mol. The van der Waals surface area contributed by atoms with Crippen molar-refractivity contribution >= 4 is 33.4 Å². The molecule has 162 valence electrons. The van der Waals surface area contributed by atoms with Crippen LogP contribution >= 0.6 is 15.9 Å². The van der Waals surface area contributed by atoms with Gasteiger partial charge >= 0.3 is 0 Å². The van der Waals surface area contributed by atoms with Gasteiger partial charge in [-0.2, -0.15) is 5.10 Å². The number of hydrogen-bond donors (Lipinski definition) is 2. The summed E-state index contributed by atoms with van der Waals surface area (Å²) in [7, 11) is 0. The lowest BCUT2D eigenvalue weighted by atomic mass is 10.1. The number of aryl methyl sites for hydroxylation is 1. The minimum atomic E-state index is -0.315. The first-order valence-electron chi connectivity index (χ1n) is 10.1. The Balaban J connectivity index is 1.71. The molecule has 7 nitrogen and oxygen atoms in total. The quantitative estimate of drug-likeness (QED) is 0.463. The van der Waals surface area contributed by atoms with E-state index in [0.29, 0.717) is 30.9 Å². The molecule has 0 saturated carbocycles.